The van der Waals surface area contributed by atoms with E-state index in [4.69, 9.17) is 0 Å². The normalized spacial score (nSPS) is 11.1. The van der Waals surface area contributed by atoms with Crippen molar-refractivity contribution in [3.8, 4) is 0 Å². The maximum Gasteiger partial charge on any atom is -0.00917 e. The lowest BCUT2D eigenvalue weighted by Crippen LogP contribution is -1.84. The highest BCUT2D eigenvalue weighted by Gasteiger charge is 1.91. The SMILES string of the molecule is C=CC(=C)/C=C\C=C/Cc1ccccc1C. The highest BCUT2D eigenvalue weighted by molar-refractivity contribution is 5.30. The molecule has 0 fully saturated rings. The molecule has 82 valence electrons. The summed E-state index contributed by atoms with van der Waals surface area (Å²) in [6, 6.07) is 8.44. The Bertz CT molecular complexity index is 419. The molecule has 0 N–H and O–H groups in total. The van der Waals surface area contributed by atoms with Crippen LogP contribution in [0.3, 0.4) is 0 Å². The van der Waals surface area contributed by atoms with Crippen molar-refractivity contribution in [2.45, 2.75) is 13.3 Å². The van der Waals surface area contributed by atoms with E-state index in [-0.39, 0.29) is 0 Å². The summed E-state index contributed by atoms with van der Waals surface area (Å²) in [5, 5.41) is 0. The minimum atomic E-state index is 0.931. The minimum Gasteiger partial charge on any atom is -0.0985 e. The Balaban J connectivity index is 2.49. The third-order valence-electron chi connectivity index (χ3n) is 2.42. The van der Waals surface area contributed by atoms with E-state index in [1.165, 1.54) is 11.1 Å². The van der Waals surface area contributed by atoms with Crippen LogP contribution in [0.4, 0.5) is 0 Å². The van der Waals surface area contributed by atoms with E-state index in [0.717, 1.165) is 12.0 Å². The van der Waals surface area contributed by atoms with Crippen molar-refractivity contribution in [3.63, 3.8) is 0 Å². The van der Waals surface area contributed by atoms with E-state index in [9.17, 15) is 0 Å². The van der Waals surface area contributed by atoms with Gasteiger partial charge >= 0.3 is 0 Å². The van der Waals surface area contributed by atoms with Crippen molar-refractivity contribution >= 4 is 0 Å². The number of hydrogen-bond donors (Lipinski definition) is 0. The first-order chi connectivity index (χ1) is 7.74. The lowest BCUT2D eigenvalue weighted by Gasteiger charge is -2.00. The van der Waals surface area contributed by atoms with Gasteiger partial charge in [-0.25, -0.2) is 0 Å². The van der Waals surface area contributed by atoms with Gasteiger partial charge in [0, 0.05) is 0 Å². The summed E-state index contributed by atoms with van der Waals surface area (Å²) in [4.78, 5) is 0. The number of benzene rings is 1. The van der Waals surface area contributed by atoms with E-state index in [0.29, 0.717) is 0 Å². The van der Waals surface area contributed by atoms with Crippen LogP contribution in [0.15, 0.2) is 73.4 Å². The first-order valence-electron chi connectivity index (χ1n) is 5.43. The van der Waals surface area contributed by atoms with Crippen LogP contribution in [-0.4, -0.2) is 0 Å². The number of hydrogen-bond acceptors (Lipinski definition) is 0. The monoisotopic (exact) mass is 210 g/mol. The van der Waals surface area contributed by atoms with E-state index in [1.54, 1.807) is 6.08 Å². The number of aryl methyl sites for hydroxylation is 1. The average Bonchev–Trinajstić information content (AvgIpc) is 2.30. The zero-order valence-electron chi connectivity index (χ0n) is 9.82. The summed E-state index contributed by atoms with van der Waals surface area (Å²) in [6.07, 6.45) is 10.8. The van der Waals surface area contributed by atoms with Gasteiger partial charge in [0.1, 0.15) is 0 Å². The van der Waals surface area contributed by atoms with Crippen LogP contribution in [-0.2, 0) is 6.42 Å². The van der Waals surface area contributed by atoms with Crippen LogP contribution in [0.25, 0.3) is 0 Å². The molecule has 0 nitrogen and oxygen atoms in total. The molecule has 0 aliphatic heterocycles. The van der Waals surface area contributed by atoms with Gasteiger partial charge in [-0.05, 0) is 30.0 Å². The maximum atomic E-state index is 3.80. The molecular formula is C16H18. The molecule has 0 aliphatic rings. The van der Waals surface area contributed by atoms with Crippen molar-refractivity contribution in [1.29, 1.82) is 0 Å². The Morgan fingerprint density at radius 3 is 2.69 bits per heavy atom. The van der Waals surface area contributed by atoms with Crippen LogP contribution < -0.4 is 0 Å². The van der Waals surface area contributed by atoms with Gasteiger partial charge in [-0.2, -0.15) is 0 Å². The molecule has 0 unspecified atom stereocenters. The highest BCUT2D eigenvalue weighted by atomic mass is 14.0. The summed E-state index contributed by atoms with van der Waals surface area (Å²) < 4.78 is 0. The van der Waals surface area contributed by atoms with E-state index in [2.05, 4.69) is 50.4 Å². The molecule has 1 aromatic carbocycles. The first kappa shape index (κ1) is 12.3. The topological polar surface area (TPSA) is 0 Å². The maximum absolute atomic E-state index is 3.80. The minimum absolute atomic E-state index is 0.931. The summed E-state index contributed by atoms with van der Waals surface area (Å²) >= 11 is 0. The largest absolute Gasteiger partial charge is 0.0985 e. The van der Waals surface area contributed by atoms with Crippen LogP contribution >= 0.6 is 0 Å². The Hall–Kier alpha value is -1.82. The summed E-state index contributed by atoms with van der Waals surface area (Å²) in [5.41, 5.74) is 3.64. The molecule has 0 amide bonds. The van der Waals surface area contributed by atoms with Gasteiger partial charge in [0.15, 0.2) is 0 Å². The number of rotatable bonds is 5. The molecule has 0 heterocycles. The molecule has 0 spiro atoms. The van der Waals surface area contributed by atoms with Crippen LogP contribution in [0.2, 0.25) is 0 Å². The lowest BCUT2D eigenvalue weighted by atomic mass is 10.1. The van der Waals surface area contributed by atoms with Crippen molar-refractivity contribution in [2.75, 3.05) is 0 Å². The third kappa shape index (κ3) is 4.14. The van der Waals surface area contributed by atoms with Gasteiger partial charge in [0.2, 0.25) is 0 Å². The molecule has 1 aromatic rings. The molecule has 0 bridgehead atoms. The fourth-order valence-electron chi connectivity index (χ4n) is 1.36. The second-order valence-electron chi connectivity index (χ2n) is 3.70. The molecule has 16 heavy (non-hydrogen) atoms. The second kappa shape index (κ2) is 6.62. The van der Waals surface area contributed by atoms with Gasteiger partial charge in [-0.1, -0.05) is 67.8 Å². The molecule has 0 heteroatoms. The van der Waals surface area contributed by atoms with Crippen LogP contribution in [0.1, 0.15) is 11.1 Å². The molecule has 0 radical (unpaired) electrons. The van der Waals surface area contributed by atoms with E-state index in [1.807, 2.05) is 18.2 Å². The molecule has 0 saturated carbocycles. The Morgan fingerprint density at radius 1 is 1.25 bits per heavy atom. The smallest absolute Gasteiger partial charge is 0.00917 e. The zero-order chi connectivity index (χ0) is 11.8. The fourth-order valence-corrected chi connectivity index (χ4v) is 1.36. The predicted octanol–water partition coefficient (Wildman–Crippen LogP) is 4.39. The van der Waals surface area contributed by atoms with Gasteiger partial charge in [0.05, 0.1) is 0 Å². The summed E-state index contributed by atoms with van der Waals surface area (Å²) in [7, 11) is 0. The van der Waals surface area contributed by atoms with Gasteiger partial charge in [-0.15, -0.1) is 0 Å². The van der Waals surface area contributed by atoms with Crippen molar-refractivity contribution in [2.24, 2.45) is 0 Å². The Kier molecular flexibility index (Phi) is 5.07. The fraction of sp³-hybridized carbons (Fsp3) is 0.125. The molecule has 0 atom stereocenters. The van der Waals surface area contributed by atoms with Crippen molar-refractivity contribution < 1.29 is 0 Å². The second-order valence-corrected chi connectivity index (χ2v) is 3.70. The zero-order valence-corrected chi connectivity index (χ0v) is 9.82. The number of allylic oxidation sites excluding steroid dienone is 6. The molecule has 0 saturated heterocycles. The average molecular weight is 210 g/mol. The molecule has 0 aliphatic carbocycles. The van der Waals surface area contributed by atoms with Gasteiger partial charge in [-0.3, -0.25) is 0 Å². The molecule has 1 rings (SSSR count). The summed E-state index contributed by atoms with van der Waals surface area (Å²) in [5.74, 6) is 0. The van der Waals surface area contributed by atoms with Gasteiger partial charge in [0.25, 0.3) is 0 Å². The lowest BCUT2D eigenvalue weighted by molar-refractivity contribution is 1.21. The van der Waals surface area contributed by atoms with Crippen molar-refractivity contribution in [1.82, 2.24) is 0 Å². The molecular weight excluding hydrogens is 192 g/mol. The quantitative estimate of drug-likeness (QED) is 0.632. The van der Waals surface area contributed by atoms with Crippen LogP contribution in [0.5, 0.6) is 0 Å². The molecule has 0 aromatic heterocycles. The first-order valence-corrected chi connectivity index (χ1v) is 5.43. The van der Waals surface area contributed by atoms with Gasteiger partial charge < -0.3 is 0 Å². The van der Waals surface area contributed by atoms with E-state index < -0.39 is 0 Å². The van der Waals surface area contributed by atoms with Crippen LogP contribution in [0, 0.1) is 6.92 Å². The highest BCUT2D eigenvalue weighted by Crippen LogP contribution is 2.08. The summed E-state index contributed by atoms with van der Waals surface area (Å²) in [6.45, 7) is 9.59. The van der Waals surface area contributed by atoms with E-state index >= 15 is 0 Å². The Morgan fingerprint density at radius 2 is 2.00 bits per heavy atom. The predicted molar refractivity (Wildman–Crippen MR) is 72.5 cm³/mol. The standard InChI is InChI=1S/C16H18/c1-4-14(2)10-6-5-7-12-16-13-9-8-11-15(16)3/h4-11,13H,1-2,12H2,3H3/b7-5-,10-6-. The third-order valence-corrected chi connectivity index (χ3v) is 2.42. The van der Waals surface area contributed by atoms with Crippen molar-refractivity contribution in [3.05, 3.63) is 84.5 Å². The Labute approximate surface area is 98.3 Å².